The fourth-order valence-electron chi connectivity index (χ4n) is 3.88. The molecule has 0 aromatic carbocycles. The van der Waals surface area contributed by atoms with Crippen molar-refractivity contribution in [2.75, 3.05) is 51.2 Å². The summed E-state index contributed by atoms with van der Waals surface area (Å²) in [7, 11) is 1.88. The topological polar surface area (TPSA) is 42.9 Å². The van der Waals surface area contributed by atoms with Crippen molar-refractivity contribution in [1.29, 1.82) is 0 Å². The Kier molecular flexibility index (Phi) is 7.62. The maximum atomic E-state index is 4.41. The Labute approximate surface area is 162 Å². The zero-order valence-corrected chi connectivity index (χ0v) is 17.2. The van der Waals surface area contributed by atoms with Crippen LogP contribution in [0.5, 0.6) is 0 Å². The summed E-state index contributed by atoms with van der Waals surface area (Å²) in [6.07, 6.45) is 6.25. The summed E-state index contributed by atoms with van der Waals surface area (Å²) in [5.41, 5.74) is 0. The van der Waals surface area contributed by atoms with E-state index in [1.54, 1.807) is 0 Å². The number of guanidine groups is 1. The van der Waals surface area contributed by atoms with Crippen molar-refractivity contribution in [3.8, 4) is 0 Å². The van der Waals surface area contributed by atoms with Crippen LogP contribution < -0.4 is 15.5 Å². The predicted molar refractivity (Wildman–Crippen MR) is 114 cm³/mol. The lowest BCUT2D eigenvalue weighted by Crippen LogP contribution is -2.49. The van der Waals surface area contributed by atoms with Gasteiger partial charge in [0.25, 0.3) is 0 Å². The van der Waals surface area contributed by atoms with E-state index in [9.17, 15) is 0 Å². The van der Waals surface area contributed by atoms with Crippen LogP contribution in [0, 0.1) is 5.92 Å². The molecule has 0 bridgehead atoms. The molecule has 2 aliphatic rings. The SMILES string of the molecule is CN=C(NCCCN1CCC(C)CC1)NC1CCN(c2cccs2)CC1. The third kappa shape index (κ3) is 5.88. The average Bonchev–Trinajstić information content (AvgIpc) is 3.21. The van der Waals surface area contributed by atoms with Gasteiger partial charge in [-0.25, -0.2) is 0 Å². The molecule has 26 heavy (non-hydrogen) atoms. The van der Waals surface area contributed by atoms with Gasteiger partial charge >= 0.3 is 0 Å². The molecule has 0 saturated carbocycles. The van der Waals surface area contributed by atoms with Crippen molar-refractivity contribution >= 4 is 22.3 Å². The number of nitrogens with one attached hydrogen (secondary N) is 2. The third-order valence-electron chi connectivity index (χ3n) is 5.70. The van der Waals surface area contributed by atoms with Crippen molar-refractivity contribution in [1.82, 2.24) is 15.5 Å². The van der Waals surface area contributed by atoms with Crippen LogP contribution in [-0.4, -0.2) is 63.2 Å². The number of rotatable bonds is 6. The monoisotopic (exact) mass is 377 g/mol. The average molecular weight is 378 g/mol. The van der Waals surface area contributed by atoms with Gasteiger partial charge in [-0.1, -0.05) is 6.92 Å². The largest absolute Gasteiger partial charge is 0.363 e. The van der Waals surface area contributed by atoms with Crippen molar-refractivity contribution in [2.45, 2.75) is 45.1 Å². The highest BCUT2D eigenvalue weighted by atomic mass is 32.1. The minimum absolute atomic E-state index is 0.529. The van der Waals surface area contributed by atoms with Gasteiger partial charge < -0.3 is 20.4 Å². The van der Waals surface area contributed by atoms with Crippen LogP contribution in [0.2, 0.25) is 0 Å². The molecule has 2 N–H and O–H groups in total. The standard InChI is InChI=1S/C20H35N5S/c1-17-6-12-24(13-7-17)11-4-10-22-20(21-2)23-18-8-14-25(15-9-18)19-5-3-16-26-19/h3,5,16-18H,4,6-15H2,1-2H3,(H2,21,22,23). The van der Waals surface area contributed by atoms with Gasteiger partial charge in [-0.15, -0.1) is 11.3 Å². The maximum Gasteiger partial charge on any atom is 0.191 e. The molecule has 1 aromatic rings. The van der Waals surface area contributed by atoms with E-state index in [1.807, 2.05) is 18.4 Å². The molecular formula is C20H35N5S. The molecule has 5 nitrogen and oxygen atoms in total. The minimum atomic E-state index is 0.529. The van der Waals surface area contributed by atoms with Gasteiger partial charge in [0.1, 0.15) is 0 Å². The van der Waals surface area contributed by atoms with Crippen LogP contribution in [0.1, 0.15) is 39.0 Å². The van der Waals surface area contributed by atoms with E-state index in [4.69, 9.17) is 0 Å². The second-order valence-electron chi connectivity index (χ2n) is 7.73. The summed E-state index contributed by atoms with van der Waals surface area (Å²) < 4.78 is 0. The molecule has 146 valence electrons. The first kappa shape index (κ1) is 19.5. The molecule has 2 aliphatic heterocycles. The first-order valence-electron chi connectivity index (χ1n) is 10.2. The van der Waals surface area contributed by atoms with Crippen LogP contribution >= 0.6 is 11.3 Å². The Morgan fingerprint density at radius 2 is 1.96 bits per heavy atom. The molecule has 0 aliphatic carbocycles. The number of aliphatic imine (C=N–C) groups is 1. The summed E-state index contributed by atoms with van der Waals surface area (Å²) in [6.45, 7) is 9.38. The lowest BCUT2D eigenvalue weighted by atomic mass is 9.99. The smallest absolute Gasteiger partial charge is 0.191 e. The summed E-state index contributed by atoms with van der Waals surface area (Å²) in [4.78, 5) is 9.52. The molecule has 1 aromatic heterocycles. The number of anilines is 1. The zero-order valence-electron chi connectivity index (χ0n) is 16.4. The number of hydrogen-bond acceptors (Lipinski definition) is 4. The van der Waals surface area contributed by atoms with Gasteiger partial charge in [0.05, 0.1) is 5.00 Å². The van der Waals surface area contributed by atoms with Gasteiger partial charge in [0, 0.05) is 32.7 Å². The summed E-state index contributed by atoms with van der Waals surface area (Å²) in [5.74, 6) is 1.88. The van der Waals surface area contributed by atoms with Crippen molar-refractivity contribution in [3.05, 3.63) is 17.5 Å². The summed E-state index contributed by atoms with van der Waals surface area (Å²) >= 11 is 1.84. The minimum Gasteiger partial charge on any atom is -0.363 e. The van der Waals surface area contributed by atoms with Crippen LogP contribution in [0.15, 0.2) is 22.5 Å². The first-order valence-corrected chi connectivity index (χ1v) is 11.1. The zero-order chi connectivity index (χ0) is 18.2. The second kappa shape index (κ2) is 10.2. The molecule has 0 unspecified atom stereocenters. The van der Waals surface area contributed by atoms with E-state index >= 15 is 0 Å². The number of likely N-dealkylation sites (tertiary alicyclic amines) is 1. The van der Waals surface area contributed by atoms with Gasteiger partial charge in [-0.3, -0.25) is 4.99 Å². The molecule has 0 radical (unpaired) electrons. The Balaban J connectivity index is 1.30. The molecule has 6 heteroatoms. The lowest BCUT2D eigenvalue weighted by Gasteiger charge is -2.33. The molecule has 0 atom stereocenters. The van der Waals surface area contributed by atoms with Crippen molar-refractivity contribution in [2.24, 2.45) is 10.9 Å². The summed E-state index contributed by atoms with van der Waals surface area (Å²) in [6, 6.07) is 4.89. The normalized spacial score (nSPS) is 21.2. The highest BCUT2D eigenvalue weighted by Gasteiger charge is 2.20. The molecular weight excluding hydrogens is 342 g/mol. The lowest BCUT2D eigenvalue weighted by molar-refractivity contribution is 0.191. The number of hydrogen-bond donors (Lipinski definition) is 2. The fraction of sp³-hybridized carbons (Fsp3) is 0.750. The Morgan fingerprint density at radius 1 is 1.19 bits per heavy atom. The van der Waals surface area contributed by atoms with Gasteiger partial charge in [-0.05, 0) is 75.2 Å². The summed E-state index contributed by atoms with van der Waals surface area (Å²) in [5, 5.41) is 10.7. The maximum absolute atomic E-state index is 4.41. The predicted octanol–water partition coefficient (Wildman–Crippen LogP) is 3.00. The molecule has 0 amide bonds. The van der Waals surface area contributed by atoms with Crippen LogP contribution in [0.3, 0.4) is 0 Å². The van der Waals surface area contributed by atoms with E-state index in [0.717, 1.165) is 31.5 Å². The van der Waals surface area contributed by atoms with E-state index < -0.39 is 0 Å². The number of piperidine rings is 2. The van der Waals surface area contributed by atoms with Crippen LogP contribution in [-0.2, 0) is 0 Å². The first-order chi connectivity index (χ1) is 12.7. The van der Waals surface area contributed by atoms with E-state index in [1.165, 1.54) is 56.7 Å². The van der Waals surface area contributed by atoms with E-state index in [2.05, 4.69) is 49.9 Å². The number of nitrogens with zero attached hydrogens (tertiary/aromatic N) is 3. The van der Waals surface area contributed by atoms with Crippen molar-refractivity contribution < 1.29 is 0 Å². The quantitative estimate of drug-likeness (QED) is 0.454. The molecule has 0 spiro atoms. The van der Waals surface area contributed by atoms with Crippen molar-refractivity contribution in [3.63, 3.8) is 0 Å². The molecule has 2 fully saturated rings. The Morgan fingerprint density at radius 3 is 2.62 bits per heavy atom. The van der Waals surface area contributed by atoms with Crippen LogP contribution in [0.4, 0.5) is 5.00 Å². The second-order valence-corrected chi connectivity index (χ2v) is 8.66. The van der Waals surface area contributed by atoms with Crippen LogP contribution in [0.25, 0.3) is 0 Å². The van der Waals surface area contributed by atoms with Gasteiger partial charge in [0.2, 0.25) is 0 Å². The highest BCUT2D eigenvalue weighted by Crippen LogP contribution is 2.24. The highest BCUT2D eigenvalue weighted by molar-refractivity contribution is 7.14. The van der Waals surface area contributed by atoms with E-state index in [0.29, 0.717) is 6.04 Å². The van der Waals surface area contributed by atoms with Gasteiger partial charge in [-0.2, -0.15) is 0 Å². The Hall–Kier alpha value is -1.27. The molecule has 2 saturated heterocycles. The molecule has 3 heterocycles. The Bertz CT molecular complexity index is 528. The third-order valence-corrected chi connectivity index (χ3v) is 6.63. The fourth-order valence-corrected chi connectivity index (χ4v) is 4.66. The van der Waals surface area contributed by atoms with E-state index in [-0.39, 0.29) is 0 Å². The van der Waals surface area contributed by atoms with Gasteiger partial charge in [0.15, 0.2) is 5.96 Å². The number of thiophene rings is 1. The molecule has 3 rings (SSSR count).